The molecule has 0 unspecified atom stereocenters. The van der Waals surface area contributed by atoms with Crippen LogP contribution in [0.15, 0.2) is 114 Å². The Morgan fingerprint density at radius 3 is 1.94 bits per heavy atom. The summed E-state index contributed by atoms with van der Waals surface area (Å²) in [6.07, 6.45) is 1.85. The molecule has 6 rings (SSSR count). The minimum absolute atomic E-state index is 0. The number of fused-ring (bicyclic) bond motifs is 2. The van der Waals surface area contributed by atoms with Gasteiger partial charge in [-0.15, -0.1) is 76.9 Å². The second-order valence-electron chi connectivity index (χ2n) is 6.96. The van der Waals surface area contributed by atoms with Crippen LogP contribution in [-0.4, -0.2) is 10.1 Å². The van der Waals surface area contributed by atoms with Crippen LogP contribution in [0, 0.1) is 12.1 Å². The van der Waals surface area contributed by atoms with Crippen LogP contribution in [0.4, 0.5) is 0 Å². The SMILES string of the molecule is [Ir].[c-]1ccccc1-c1nccc2ccccc12.[c-]1ccccc1-c1noc2ccccc12. The second-order valence-corrected chi connectivity index (χ2v) is 6.96. The van der Waals surface area contributed by atoms with E-state index < -0.39 is 0 Å². The molecule has 6 aromatic rings. The first kappa shape index (κ1) is 21.6. The Morgan fingerprint density at radius 2 is 1.22 bits per heavy atom. The van der Waals surface area contributed by atoms with Crippen LogP contribution < -0.4 is 0 Å². The van der Waals surface area contributed by atoms with Crippen LogP contribution in [0.2, 0.25) is 0 Å². The molecule has 4 aromatic carbocycles. The van der Waals surface area contributed by atoms with Gasteiger partial charge in [-0.1, -0.05) is 42.5 Å². The van der Waals surface area contributed by atoms with Crippen molar-refractivity contribution in [2.24, 2.45) is 0 Å². The molecular weight excluding hydrogens is 573 g/mol. The third-order valence-electron chi connectivity index (χ3n) is 4.98. The van der Waals surface area contributed by atoms with Gasteiger partial charge in [0.15, 0.2) is 5.58 Å². The molecule has 4 heteroatoms. The van der Waals surface area contributed by atoms with Crippen molar-refractivity contribution in [3.05, 3.63) is 121 Å². The predicted molar refractivity (Wildman–Crippen MR) is 124 cm³/mol. The average molecular weight is 591 g/mol. The molecule has 0 aliphatic rings. The van der Waals surface area contributed by atoms with Gasteiger partial charge in [0.1, 0.15) is 0 Å². The summed E-state index contributed by atoms with van der Waals surface area (Å²) in [5, 5.41) is 7.47. The molecule has 0 fully saturated rings. The second kappa shape index (κ2) is 10.1. The smallest absolute Gasteiger partial charge is 0.157 e. The van der Waals surface area contributed by atoms with Crippen LogP contribution in [0.1, 0.15) is 0 Å². The van der Waals surface area contributed by atoms with Gasteiger partial charge < -0.3 is 9.51 Å². The monoisotopic (exact) mass is 591 g/mol. The summed E-state index contributed by atoms with van der Waals surface area (Å²) in [6, 6.07) is 40.2. The van der Waals surface area contributed by atoms with Gasteiger partial charge in [-0.05, 0) is 28.6 Å². The fraction of sp³-hybridized carbons (Fsp3) is 0. The Kier molecular flexibility index (Phi) is 6.86. The summed E-state index contributed by atoms with van der Waals surface area (Å²) >= 11 is 0. The first-order valence-corrected chi connectivity index (χ1v) is 10.0. The van der Waals surface area contributed by atoms with Crippen molar-refractivity contribution in [3.8, 4) is 22.5 Å². The fourth-order valence-corrected chi connectivity index (χ4v) is 3.50. The van der Waals surface area contributed by atoms with Gasteiger partial charge in [0.2, 0.25) is 0 Å². The summed E-state index contributed by atoms with van der Waals surface area (Å²) in [5.74, 6) is 0. The van der Waals surface area contributed by atoms with Gasteiger partial charge in [0, 0.05) is 37.4 Å². The maximum atomic E-state index is 5.23. The molecule has 0 saturated carbocycles. The summed E-state index contributed by atoms with van der Waals surface area (Å²) < 4.78 is 5.23. The van der Waals surface area contributed by atoms with Gasteiger partial charge >= 0.3 is 0 Å². The zero-order valence-electron chi connectivity index (χ0n) is 17.0. The number of hydrogen-bond acceptors (Lipinski definition) is 3. The summed E-state index contributed by atoms with van der Waals surface area (Å²) in [4.78, 5) is 4.45. The van der Waals surface area contributed by atoms with Gasteiger partial charge in [-0.3, -0.25) is 0 Å². The van der Waals surface area contributed by atoms with Crippen molar-refractivity contribution in [3.63, 3.8) is 0 Å². The van der Waals surface area contributed by atoms with E-state index in [9.17, 15) is 0 Å². The number of nitrogens with zero attached hydrogens (tertiary/aromatic N) is 2. The zero-order chi connectivity index (χ0) is 20.9. The number of pyridine rings is 1. The maximum absolute atomic E-state index is 5.23. The summed E-state index contributed by atoms with van der Waals surface area (Å²) in [5.41, 5.74) is 4.66. The van der Waals surface area contributed by atoms with E-state index in [1.54, 1.807) is 0 Å². The molecule has 0 N–H and O–H groups in total. The Morgan fingerprint density at radius 1 is 0.594 bits per heavy atom. The van der Waals surface area contributed by atoms with Crippen molar-refractivity contribution >= 4 is 21.7 Å². The average Bonchev–Trinajstić information content (AvgIpc) is 3.29. The van der Waals surface area contributed by atoms with Crippen LogP contribution >= 0.6 is 0 Å². The number of para-hydroxylation sites is 1. The quantitative estimate of drug-likeness (QED) is 0.204. The van der Waals surface area contributed by atoms with Gasteiger partial charge in [-0.2, -0.15) is 0 Å². The van der Waals surface area contributed by atoms with Gasteiger partial charge in [-0.25, -0.2) is 0 Å². The van der Waals surface area contributed by atoms with E-state index in [1.807, 2.05) is 97.2 Å². The van der Waals surface area contributed by atoms with Crippen LogP contribution in [0.3, 0.4) is 0 Å². The molecule has 157 valence electrons. The molecule has 0 saturated heterocycles. The van der Waals surface area contributed by atoms with Crippen LogP contribution in [0.25, 0.3) is 44.3 Å². The van der Waals surface area contributed by atoms with E-state index >= 15 is 0 Å². The minimum atomic E-state index is 0. The molecule has 0 bridgehead atoms. The van der Waals surface area contributed by atoms with Gasteiger partial charge in [0.25, 0.3) is 0 Å². The normalized spacial score (nSPS) is 10.2. The topological polar surface area (TPSA) is 38.9 Å². The molecule has 0 amide bonds. The number of benzene rings is 4. The third kappa shape index (κ3) is 4.52. The number of rotatable bonds is 2. The Bertz CT molecular complexity index is 1420. The third-order valence-corrected chi connectivity index (χ3v) is 4.98. The molecule has 0 aliphatic heterocycles. The maximum Gasteiger partial charge on any atom is 0.157 e. The first-order valence-electron chi connectivity index (χ1n) is 10.0. The molecular formula is C28H18IrN2O-2. The Balaban J connectivity index is 0.000000149. The standard InChI is InChI=1S/C15H10N.C13H8NO.Ir/c1-2-7-13(8-3-1)15-14-9-5-4-6-12(14)10-11-16-15;1-2-6-10(7-3-1)13-11-8-4-5-9-12(11)15-14-13;/h1-7,9-11H;1-6,8-9H;/q2*-1;. The van der Waals surface area contributed by atoms with E-state index in [0.29, 0.717) is 0 Å². The number of aromatic nitrogens is 2. The van der Waals surface area contributed by atoms with E-state index in [-0.39, 0.29) is 20.1 Å². The van der Waals surface area contributed by atoms with Crippen molar-refractivity contribution in [2.75, 3.05) is 0 Å². The molecule has 0 spiro atoms. The predicted octanol–water partition coefficient (Wildman–Crippen LogP) is 6.99. The van der Waals surface area contributed by atoms with Crippen LogP contribution in [0.5, 0.6) is 0 Å². The van der Waals surface area contributed by atoms with Crippen molar-refractivity contribution < 1.29 is 24.6 Å². The largest absolute Gasteiger partial charge is 0.366 e. The first-order chi connectivity index (χ1) is 15.4. The fourth-order valence-electron chi connectivity index (χ4n) is 3.50. The van der Waals surface area contributed by atoms with Crippen molar-refractivity contribution in [1.82, 2.24) is 10.1 Å². The molecule has 2 aromatic heterocycles. The molecule has 0 atom stereocenters. The molecule has 2 heterocycles. The molecule has 0 aliphatic carbocycles. The summed E-state index contributed by atoms with van der Waals surface area (Å²) in [7, 11) is 0. The zero-order valence-corrected chi connectivity index (χ0v) is 19.4. The Hall–Kier alpha value is -3.59. The Labute approximate surface area is 200 Å². The van der Waals surface area contributed by atoms with E-state index in [2.05, 4.69) is 34.4 Å². The van der Waals surface area contributed by atoms with Crippen LogP contribution in [-0.2, 0) is 20.1 Å². The summed E-state index contributed by atoms with van der Waals surface area (Å²) in [6.45, 7) is 0. The minimum Gasteiger partial charge on any atom is -0.366 e. The van der Waals surface area contributed by atoms with Crippen molar-refractivity contribution in [1.29, 1.82) is 0 Å². The molecule has 32 heavy (non-hydrogen) atoms. The van der Waals surface area contributed by atoms with Gasteiger partial charge in [0.05, 0.1) is 0 Å². The van der Waals surface area contributed by atoms with E-state index in [4.69, 9.17) is 4.52 Å². The van der Waals surface area contributed by atoms with E-state index in [0.717, 1.165) is 33.5 Å². The van der Waals surface area contributed by atoms with E-state index in [1.165, 1.54) is 10.8 Å². The molecule has 3 nitrogen and oxygen atoms in total. The number of hydrogen-bond donors (Lipinski definition) is 0. The molecule has 1 radical (unpaired) electrons. The van der Waals surface area contributed by atoms with Crippen molar-refractivity contribution in [2.45, 2.75) is 0 Å².